The zero-order valence-corrected chi connectivity index (χ0v) is 15.0. The normalized spacial score (nSPS) is 25.2. The summed E-state index contributed by atoms with van der Waals surface area (Å²) in [6, 6.07) is 2.86. The van der Waals surface area contributed by atoms with Crippen molar-refractivity contribution >= 4 is 47.6 Å². The topological polar surface area (TPSA) is 92.4 Å². The van der Waals surface area contributed by atoms with Crippen LogP contribution in [0.4, 0.5) is 5.69 Å². The number of nitrogens with one attached hydrogen (secondary N) is 1. The van der Waals surface area contributed by atoms with Crippen LogP contribution in [-0.2, 0) is 10.0 Å². The Morgan fingerprint density at radius 1 is 1.40 bits per heavy atom. The van der Waals surface area contributed by atoms with E-state index in [-0.39, 0.29) is 16.6 Å². The van der Waals surface area contributed by atoms with Gasteiger partial charge in [0, 0.05) is 20.4 Å². The number of anilines is 1. The maximum absolute atomic E-state index is 12.5. The summed E-state index contributed by atoms with van der Waals surface area (Å²) in [6.07, 6.45) is -0.0961. The SMILES string of the molecule is CC1(C)C(O)CC1NS(=O)(=O)c1c(N)cc(Br)cc1Br. The number of aliphatic hydroxyl groups is 1. The van der Waals surface area contributed by atoms with Crippen molar-refractivity contribution in [3.05, 3.63) is 21.1 Å². The van der Waals surface area contributed by atoms with E-state index in [0.717, 1.165) is 0 Å². The molecule has 2 unspecified atom stereocenters. The van der Waals surface area contributed by atoms with Crippen LogP contribution in [0.1, 0.15) is 20.3 Å². The number of aliphatic hydroxyl groups excluding tert-OH is 1. The Morgan fingerprint density at radius 3 is 2.45 bits per heavy atom. The summed E-state index contributed by atoms with van der Waals surface area (Å²) in [6.45, 7) is 3.66. The predicted octanol–water partition coefficient (Wildman–Crippen LogP) is 2.23. The van der Waals surface area contributed by atoms with Crippen LogP contribution in [0.3, 0.4) is 0 Å². The molecular formula is C12H16Br2N2O3S. The third-order valence-corrected chi connectivity index (χ3v) is 6.75. The molecule has 1 fully saturated rings. The first kappa shape index (κ1) is 16.2. The molecule has 0 bridgehead atoms. The van der Waals surface area contributed by atoms with Crippen LogP contribution in [0.25, 0.3) is 0 Å². The highest BCUT2D eigenvalue weighted by Crippen LogP contribution is 2.42. The molecule has 0 spiro atoms. The minimum absolute atomic E-state index is 0.0258. The monoisotopic (exact) mass is 426 g/mol. The first-order valence-corrected chi connectivity index (χ1v) is 9.07. The van der Waals surface area contributed by atoms with Crippen LogP contribution >= 0.6 is 31.9 Å². The van der Waals surface area contributed by atoms with E-state index in [0.29, 0.717) is 15.4 Å². The third-order valence-electron chi connectivity index (χ3n) is 3.82. The van der Waals surface area contributed by atoms with Gasteiger partial charge in [-0.3, -0.25) is 0 Å². The first-order valence-electron chi connectivity index (χ1n) is 6.00. The van der Waals surface area contributed by atoms with Gasteiger partial charge in [-0.05, 0) is 34.5 Å². The number of hydrogen-bond acceptors (Lipinski definition) is 4. The second-order valence-corrected chi connectivity index (χ2v) is 8.97. The van der Waals surface area contributed by atoms with E-state index in [9.17, 15) is 13.5 Å². The maximum atomic E-state index is 12.5. The van der Waals surface area contributed by atoms with E-state index in [4.69, 9.17) is 5.73 Å². The van der Waals surface area contributed by atoms with Gasteiger partial charge in [0.05, 0.1) is 11.8 Å². The summed E-state index contributed by atoms with van der Waals surface area (Å²) in [5.74, 6) is 0. The van der Waals surface area contributed by atoms with Crippen molar-refractivity contribution in [3.63, 3.8) is 0 Å². The molecule has 0 radical (unpaired) electrons. The smallest absolute Gasteiger partial charge is 0.244 e. The lowest BCUT2D eigenvalue weighted by Gasteiger charge is -2.49. The van der Waals surface area contributed by atoms with Gasteiger partial charge in [0.25, 0.3) is 0 Å². The highest BCUT2D eigenvalue weighted by molar-refractivity contribution is 9.11. The standard InChI is InChI=1S/C12H16Br2N2O3S/c1-12(2)9(5-10(12)17)16-20(18,19)11-7(14)3-6(13)4-8(11)15/h3-4,9-10,16-17H,5,15H2,1-2H3. The summed E-state index contributed by atoms with van der Waals surface area (Å²) in [5.41, 5.74) is 5.49. The Balaban J connectivity index is 2.33. The molecule has 112 valence electrons. The van der Waals surface area contributed by atoms with Crippen molar-refractivity contribution in [2.45, 2.75) is 37.3 Å². The zero-order chi connectivity index (χ0) is 15.3. The second kappa shape index (κ2) is 5.24. The van der Waals surface area contributed by atoms with Crippen LogP contribution in [0.5, 0.6) is 0 Å². The van der Waals surface area contributed by atoms with Gasteiger partial charge in [-0.25, -0.2) is 13.1 Å². The molecule has 2 atom stereocenters. The van der Waals surface area contributed by atoms with Gasteiger partial charge in [0.1, 0.15) is 4.90 Å². The van der Waals surface area contributed by atoms with Crippen molar-refractivity contribution < 1.29 is 13.5 Å². The molecule has 1 aromatic rings. The Labute approximate surface area is 135 Å². The fourth-order valence-electron chi connectivity index (χ4n) is 2.21. The predicted molar refractivity (Wildman–Crippen MR) is 84.8 cm³/mol. The van der Waals surface area contributed by atoms with E-state index in [1.54, 1.807) is 12.1 Å². The van der Waals surface area contributed by atoms with Crippen LogP contribution < -0.4 is 10.5 Å². The largest absolute Gasteiger partial charge is 0.398 e. The molecular weight excluding hydrogens is 412 g/mol. The average molecular weight is 428 g/mol. The van der Waals surface area contributed by atoms with E-state index in [2.05, 4.69) is 36.6 Å². The highest BCUT2D eigenvalue weighted by atomic mass is 79.9. The quantitative estimate of drug-likeness (QED) is 0.645. The molecule has 4 N–H and O–H groups in total. The average Bonchev–Trinajstić information content (AvgIpc) is 2.26. The van der Waals surface area contributed by atoms with Gasteiger partial charge < -0.3 is 10.8 Å². The number of nitrogens with two attached hydrogens (primary N) is 1. The molecule has 0 heterocycles. The minimum Gasteiger partial charge on any atom is -0.398 e. The number of halogens is 2. The Kier molecular flexibility index (Phi) is 4.25. The van der Waals surface area contributed by atoms with Crippen LogP contribution in [0.15, 0.2) is 26.0 Å². The molecule has 0 saturated heterocycles. The van der Waals surface area contributed by atoms with E-state index in [1.165, 1.54) is 0 Å². The van der Waals surface area contributed by atoms with Crippen molar-refractivity contribution in [1.29, 1.82) is 0 Å². The summed E-state index contributed by atoms with van der Waals surface area (Å²) >= 11 is 6.48. The van der Waals surface area contributed by atoms with E-state index in [1.807, 2.05) is 13.8 Å². The second-order valence-electron chi connectivity index (χ2n) is 5.55. The number of benzene rings is 1. The number of hydrogen-bond donors (Lipinski definition) is 3. The van der Waals surface area contributed by atoms with Gasteiger partial charge in [-0.2, -0.15) is 0 Å². The van der Waals surface area contributed by atoms with Crippen molar-refractivity contribution in [3.8, 4) is 0 Å². The molecule has 1 aliphatic carbocycles. The third kappa shape index (κ3) is 2.76. The molecule has 2 rings (SSSR count). The van der Waals surface area contributed by atoms with Crippen molar-refractivity contribution in [2.24, 2.45) is 5.41 Å². The Hall–Kier alpha value is -0.150. The van der Waals surface area contributed by atoms with E-state index < -0.39 is 21.5 Å². The molecule has 1 aromatic carbocycles. The molecule has 8 heteroatoms. The van der Waals surface area contributed by atoms with E-state index >= 15 is 0 Å². The molecule has 5 nitrogen and oxygen atoms in total. The summed E-state index contributed by atoms with van der Waals surface area (Å²) in [4.78, 5) is 0.0258. The zero-order valence-electron chi connectivity index (χ0n) is 11.0. The molecule has 20 heavy (non-hydrogen) atoms. The Morgan fingerprint density at radius 2 is 2.00 bits per heavy atom. The van der Waals surface area contributed by atoms with Gasteiger partial charge in [0.2, 0.25) is 10.0 Å². The maximum Gasteiger partial charge on any atom is 0.244 e. The highest BCUT2D eigenvalue weighted by Gasteiger charge is 2.49. The Bertz CT molecular complexity index is 623. The van der Waals surface area contributed by atoms with Crippen LogP contribution in [0, 0.1) is 5.41 Å². The molecule has 1 aliphatic rings. The lowest BCUT2D eigenvalue weighted by Crippen LogP contribution is -2.61. The summed E-state index contributed by atoms with van der Waals surface area (Å²) < 4.78 is 28.6. The fraction of sp³-hybridized carbons (Fsp3) is 0.500. The molecule has 0 aromatic heterocycles. The van der Waals surface area contributed by atoms with Gasteiger partial charge in [0.15, 0.2) is 0 Å². The van der Waals surface area contributed by atoms with Crippen molar-refractivity contribution in [2.75, 3.05) is 5.73 Å². The number of sulfonamides is 1. The lowest BCUT2D eigenvalue weighted by molar-refractivity contribution is -0.0645. The first-order chi connectivity index (χ1) is 9.05. The number of rotatable bonds is 3. The van der Waals surface area contributed by atoms with Gasteiger partial charge in [-0.15, -0.1) is 0 Å². The van der Waals surface area contributed by atoms with Crippen molar-refractivity contribution in [1.82, 2.24) is 4.72 Å². The molecule has 0 aliphatic heterocycles. The van der Waals surface area contributed by atoms with Gasteiger partial charge >= 0.3 is 0 Å². The van der Waals surface area contributed by atoms with Gasteiger partial charge in [-0.1, -0.05) is 29.8 Å². The molecule has 0 amide bonds. The van der Waals surface area contributed by atoms with Crippen LogP contribution in [0.2, 0.25) is 0 Å². The fourth-order valence-corrected chi connectivity index (χ4v) is 5.69. The summed E-state index contributed by atoms with van der Waals surface area (Å²) in [7, 11) is -3.75. The minimum atomic E-state index is -3.75. The van der Waals surface area contributed by atoms with Crippen LogP contribution in [-0.4, -0.2) is 25.7 Å². The number of nitrogen functional groups attached to an aromatic ring is 1. The lowest BCUT2D eigenvalue weighted by atomic mass is 9.65. The summed E-state index contributed by atoms with van der Waals surface area (Å²) in [5, 5.41) is 9.68. The molecule has 1 saturated carbocycles.